The highest BCUT2D eigenvalue weighted by Crippen LogP contribution is 2.02. The summed E-state index contributed by atoms with van der Waals surface area (Å²) in [5.74, 6) is 3.27. The van der Waals surface area contributed by atoms with Gasteiger partial charge in [0.05, 0.1) is 0 Å². The first-order chi connectivity index (χ1) is 7.22. The summed E-state index contributed by atoms with van der Waals surface area (Å²) >= 11 is 0. The first-order valence-corrected chi connectivity index (χ1v) is 5.20. The van der Waals surface area contributed by atoms with E-state index in [-0.39, 0.29) is 5.82 Å². The molecule has 0 radical (unpaired) electrons. The fourth-order valence-corrected chi connectivity index (χ4v) is 1.07. The van der Waals surface area contributed by atoms with E-state index in [1.165, 1.54) is 12.1 Å². The summed E-state index contributed by atoms with van der Waals surface area (Å²) in [6.45, 7) is 4.77. The van der Waals surface area contributed by atoms with Crippen LogP contribution in [0.1, 0.15) is 25.8 Å². The number of halogens is 1. The van der Waals surface area contributed by atoms with Gasteiger partial charge in [0, 0.05) is 18.5 Å². The molecular formula is C13H16FN. The van der Waals surface area contributed by atoms with Gasteiger partial charge in [-0.3, -0.25) is 0 Å². The van der Waals surface area contributed by atoms with Crippen LogP contribution in [-0.2, 0) is 6.54 Å². The molecule has 0 fully saturated rings. The normalized spacial score (nSPS) is 11.4. The van der Waals surface area contributed by atoms with Gasteiger partial charge in [-0.1, -0.05) is 31.9 Å². The molecule has 0 aromatic heterocycles. The fourth-order valence-electron chi connectivity index (χ4n) is 1.07. The molecule has 80 valence electrons. The summed E-state index contributed by atoms with van der Waals surface area (Å²) in [6, 6.07) is 9.41. The van der Waals surface area contributed by atoms with E-state index in [2.05, 4.69) is 31.1 Å². The lowest BCUT2D eigenvalue weighted by Gasteiger charge is -2.00. The van der Waals surface area contributed by atoms with Crippen LogP contribution in [0.5, 0.6) is 0 Å². The molecular weight excluding hydrogens is 189 g/mol. The van der Waals surface area contributed by atoms with Crippen molar-refractivity contribution in [3.63, 3.8) is 0 Å². The van der Waals surface area contributed by atoms with E-state index in [0.717, 1.165) is 12.0 Å². The molecule has 0 aliphatic carbocycles. The second kappa shape index (κ2) is 6.08. The van der Waals surface area contributed by atoms with Crippen LogP contribution in [-0.4, -0.2) is 0 Å². The van der Waals surface area contributed by atoms with Crippen LogP contribution in [0, 0.1) is 23.7 Å². The Balaban J connectivity index is 2.40. The van der Waals surface area contributed by atoms with Gasteiger partial charge in [-0.2, -0.15) is 0 Å². The lowest BCUT2D eigenvalue weighted by molar-refractivity contribution is 0.624. The largest absolute Gasteiger partial charge is 0.341 e. The molecule has 15 heavy (non-hydrogen) atoms. The summed E-state index contributed by atoms with van der Waals surface area (Å²) in [7, 11) is 0. The highest BCUT2D eigenvalue weighted by atomic mass is 19.1. The molecule has 1 unspecified atom stereocenters. The summed E-state index contributed by atoms with van der Waals surface area (Å²) in [6.07, 6.45) is 1.05. The van der Waals surface area contributed by atoms with Gasteiger partial charge in [0.15, 0.2) is 0 Å². The molecule has 0 bridgehead atoms. The molecule has 2 heteroatoms. The summed E-state index contributed by atoms with van der Waals surface area (Å²) in [5.41, 5.74) is 0.911. The van der Waals surface area contributed by atoms with E-state index < -0.39 is 0 Å². The molecule has 1 nitrogen and oxygen atoms in total. The van der Waals surface area contributed by atoms with E-state index in [1.807, 2.05) is 6.07 Å². The van der Waals surface area contributed by atoms with Crippen LogP contribution < -0.4 is 5.32 Å². The zero-order chi connectivity index (χ0) is 11.1. The minimum Gasteiger partial charge on any atom is -0.341 e. The molecule has 1 aromatic rings. The average Bonchev–Trinajstić information content (AvgIpc) is 2.24. The summed E-state index contributed by atoms with van der Waals surface area (Å²) in [5, 5.41) is 2.97. The van der Waals surface area contributed by atoms with Crippen molar-refractivity contribution < 1.29 is 4.39 Å². The molecule has 0 spiro atoms. The van der Waals surface area contributed by atoms with Crippen molar-refractivity contribution in [2.45, 2.75) is 26.8 Å². The molecule has 1 aromatic carbocycles. The number of rotatable bonds is 3. The van der Waals surface area contributed by atoms with E-state index >= 15 is 0 Å². The van der Waals surface area contributed by atoms with Crippen molar-refractivity contribution in [2.75, 3.05) is 0 Å². The Kier molecular flexibility index (Phi) is 4.70. The van der Waals surface area contributed by atoms with Gasteiger partial charge in [0.25, 0.3) is 0 Å². The Morgan fingerprint density at radius 2 is 2.27 bits per heavy atom. The average molecular weight is 205 g/mol. The minimum atomic E-state index is -0.204. The maximum Gasteiger partial charge on any atom is 0.123 e. The van der Waals surface area contributed by atoms with Gasteiger partial charge < -0.3 is 5.32 Å². The molecule has 1 atom stereocenters. The lowest BCUT2D eigenvalue weighted by Crippen LogP contribution is -2.05. The Bertz CT molecular complexity index is 362. The number of hydrogen-bond donors (Lipinski definition) is 1. The highest BCUT2D eigenvalue weighted by molar-refractivity contribution is 5.17. The highest BCUT2D eigenvalue weighted by Gasteiger charge is 1.93. The van der Waals surface area contributed by atoms with Crippen LogP contribution in [0.25, 0.3) is 0 Å². The maximum absolute atomic E-state index is 12.8. The van der Waals surface area contributed by atoms with Gasteiger partial charge in [-0.25, -0.2) is 4.39 Å². The fraction of sp³-hybridized carbons (Fsp3) is 0.385. The third-order valence-corrected chi connectivity index (χ3v) is 2.20. The van der Waals surface area contributed by atoms with Crippen LogP contribution >= 0.6 is 0 Å². The second-order valence-corrected chi connectivity index (χ2v) is 3.56. The van der Waals surface area contributed by atoms with Crippen molar-refractivity contribution >= 4 is 0 Å². The van der Waals surface area contributed by atoms with E-state index in [0.29, 0.717) is 12.5 Å². The van der Waals surface area contributed by atoms with Gasteiger partial charge in [-0.15, -0.1) is 0 Å². The zero-order valence-electron chi connectivity index (χ0n) is 9.18. The van der Waals surface area contributed by atoms with Crippen molar-refractivity contribution in [2.24, 2.45) is 5.92 Å². The van der Waals surface area contributed by atoms with Crippen LogP contribution in [0.3, 0.4) is 0 Å². The summed E-state index contributed by atoms with van der Waals surface area (Å²) < 4.78 is 12.8. The van der Waals surface area contributed by atoms with Gasteiger partial charge in [0.2, 0.25) is 0 Å². The predicted molar refractivity (Wildman–Crippen MR) is 60.5 cm³/mol. The zero-order valence-corrected chi connectivity index (χ0v) is 9.18. The maximum atomic E-state index is 12.8. The van der Waals surface area contributed by atoms with Gasteiger partial charge in [-0.05, 0) is 24.1 Å². The van der Waals surface area contributed by atoms with Crippen molar-refractivity contribution in [3.05, 3.63) is 35.6 Å². The smallest absolute Gasteiger partial charge is 0.123 e. The number of hydrogen-bond acceptors (Lipinski definition) is 1. The van der Waals surface area contributed by atoms with Crippen LogP contribution in [0.2, 0.25) is 0 Å². The second-order valence-electron chi connectivity index (χ2n) is 3.56. The molecule has 0 amide bonds. The van der Waals surface area contributed by atoms with Crippen molar-refractivity contribution in [1.82, 2.24) is 5.32 Å². The molecule has 0 saturated heterocycles. The standard InChI is InChI=1S/C13H16FN/c1-3-11(2)7-8-15-10-12-5-4-6-13(14)9-12/h4-6,9,11,15H,3,10H2,1-2H3. The first kappa shape index (κ1) is 11.6. The molecule has 0 heterocycles. The Morgan fingerprint density at radius 3 is 2.93 bits per heavy atom. The quantitative estimate of drug-likeness (QED) is 0.591. The van der Waals surface area contributed by atoms with Gasteiger partial charge >= 0.3 is 0 Å². The Morgan fingerprint density at radius 1 is 1.47 bits per heavy atom. The predicted octanol–water partition coefficient (Wildman–Crippen LogP) is 2.92. The van der Waals surface area contributed by atoms with E-state index in [4.69, 9.17) is 0 Å². The molecule has 0 aliphatic heterocycles. The van der Waals surface area contributed by atoms with E-state index in [9.17, 15) is 4.39 Å². The van der Waals surface area contributed by atoms with E-state index in [1.54, 1.807) is 6.07 Å². The molecule has 1 N–H and O–H groups in total. The van der Waals surface area contributed by atoms with Crippen molar-refractivity contribution in [1.29, 1.82) is 0 Å². The molecule has 1 rings (SSSR count). The van der Waals surface area contributed by atoms with Crippen molar-refractivity contribution in [3.8, 4) is 12.0 Å². The van der Waals surface area contributed by atoms with Crippen LogP contribution in [0.4, 0.5) is 4.39 Å². The lowest BCUT2D eigenvalue weighted by atomic mass is 10.1. The SMILES string of the molecule is CCC(C)C#CNCc1cccc(F)c1. The topological polar surface area (TPSA) is 12.0 Å². The first-order valence-electron chi connectivity index (χ1n) is 5.20. The Hall–Kier alpha value is -1.49. The number of benzene rings is 1. The number of nitrogens with one attached hydrogen (secondary N) is 1. The Labute approximate surface area is 90.7 Å². The molecule has 0 aliphatic rings. The monoisotopic (exact) mass is 205 g/mol. The van der Waals surface area contributed by atoms with Gasteiger partial charge in [0.1, 0.15) is 5.82 Å². The summed E-state index contributed by atoms with van der Waals surface area (Å²) in [4.78, 5) is 0. The third-order valence-electron chi connectivity index (χ3n) is 2.20. The third kappa shape index (κ3) is 4.51. The molecule has 0 saturated carbocycles. The van der Waals surface area contributed by atoms with Crippen LogP contribution in [0.15, 0.2) is 24.3 Å². The minimum absolute atomic E-state index is 0.204.